The standard InChI is InChI=1S/C20H16FN5O3/c1-10-16(27)7-11(8-17(10)28)19(29)25-18-13(21)9-23-20(26-18)24-15-4-2-3-14-12(15)5-6-22-14/h2-9,22,27-28H,1H3,(H2,23,24,25,26,29). The summed E-state index contributed by atoms with van der Waals surface area (Å²) in [4.78, 5) is 23.4. The number of fused-ring (bicyclic) bond motifs is 1. The molecule has 5 N–H and O–H groups in total. The Morgan fingerprint density at radius 1 is 1.17 bits per heavy atom. The average molecular weight is 393 g/mol. The second kappa shape index (κ2) is 7.12. The number of carbonyl (C=O) groups is 1. The zero-order valence-corrected chi connectivity index (χ0v) is 15.2. The van der Waals surface area contributed by atoms with Crippen LogP contribution in [0.25, 0.3) is 10.9 Å². The molecule has 2 aromatic heterocycles. The number of phenolic OH excluding ortho intramolecular Hbond substituents is 2. The van der Waals surface area contributed by atoms with Crippen LogP contribution >= 0.6 is 0 Å². The minimum atomic E-state index is -0.829. The molecule has 146 valence electrons. The number of phenols is 2. The van der Waals surface area contributed by atoms with E-state index in [-0.39, 0.29) is 34.4 Å². The Hall–Kier alpha value is -4.14. The molecule has 1 amide bonds. The van der Waals surface area contributed by atoms with E-state index in [1.807, 2.05) is 24.3 Å². The minimum absolute atomic E-state index is 0.0461. The van der Waals surface area contributed by atoms with Gasteiger partial charge in [0.2, 0.25) is 5.95 Å². The van der Waals surface area contributed by atoms with Gasteiger partial charge in [-0.15, -0.1) is 0 Å². The molecule has 0 spiro atoms. The summed E-state index contributed by atoms with van der Waals surface area (Å²) in [6, 6.07) is 9.79. The molecule has 29 heavy (non-hydrogen) atoms. The fourth-order valence-corrected chi connectivity index (χ4v) is 2.82. The van der Waals surface area contributed by atoms with Crippen molar-refractivity contribution in [3.63, 3.8) is 0 Å². The van der Waals surface area contributed by atoms with Crippen molar-refractivity contribution in [1.29, 1.82) is 0 Å². The van der Waals surface area contributed by atoms with Gasteiger partial charge in [0, 0.05) is 28.2 Å². The van der Waals surface area contributed by atoms with Crippen LogP contribution < -0.4 is 10.6 Å². The van der Waals surface area contributed by atoms with E-state index in [0.717, 1.165) is 17.1 Å². The highest BCUT2D eigenvalue weighted by molar-refractivity contribution is 6.04. The van der Waals surface area contributed by atoms with Crippen molar-refractivity contribution in [3.05, 3.63) is 65.7 Å². The van der Waals surface area contributed by atoms with Gasteiger partial charge < -0.3 is 25.8 Å². The van der Waals surface area contributed by atoms with Crippen LogP contribution in [0.3, 0.4) is 0 Å². The molecule has 8 nitrogen and oxygen atoms in total. The van der Waals surface area contributed by atoms with E-state index in [1.54, 1.807) is 6.20 Å². The molecule has 0 atom stereocenters. The Morgan fingerprint density at radius 2 is 1.93 bits per heavy atom. The molecule has 2 aromatic carbocycles. The Labute approximate surface area is 164 Å². The molecule has 0 radical (unpaired) electrons. The highest BCUT2D eigenvalue weighted by Crippen LogP contribution is 2.28. The van der Waals surface area contributed by atoms with E-state index in [9.17, 15) is 19.4 Å². The van der Waals surface area contributed by atoms with E-state index in [0.29, 0.717) is 5.69 Å². The first kappa shape index (κ1) is 18.2. The SMILES string of the molecule is Cc1c(O)cc(C(=O)Nc2nc(Nc3cccc4[nH]ccc34)ncc2F)cc1O. The van der Waals surface area contributed by atoms with Gasteiger partial charge >= 0.3 is 0 Å². The van der Waals surface area contributed by atoms with E-state index in [2.05, 4.69) is 25.6 Å². The molecule has 2 heterocycles. The lowest BCUT2D eigenvalue weighted by Crippen LogP contribution is -2.15. The van der Waals surface area contributed by atoms with Crippen molar-refractivity contribution in [2.24, 2.45) is 0 Å². The summed E-state index contributed by atoms with van der Waals surface area (Å²) in [5.41, 5.74) is 1.81. The first-order valence-electron chi connectivity index (χ1n) is 8.62. The van der Waals surface area contributed by atoms with Crippen LogP contribution in [0.1, 0.15) is 15.9 Å². The summed E-state index contributed by atoms with van der Waals surface area (Å²) in [6.45, 7) is 1.50. The number of nitrogens with one attached hydrogen (secondary N) is 3. The lowest BCUT2D eigenvalue weighted by atomic mass is 10.1. The van der Waals surface area contributed by atoms with Gasteiger partial charge in [0.1, 0.15) is 11.5 Å². The molecule has 0 saturated carbocycles. The number of anilines is 3. The number of aromatic hydroxyl groups is 2. The third kappa shape index (κ3) is 3.53. The molecule has 0 saturated heterocycles. The molecule has 0 fully saturated rings. The lowest BCUT2D eigenvalue weighted by Gasteiger charge is -2.10. The quantitative estimate of drug-likeness (QED) is 0.359. The Kier molecular flexibility index (Phi) is 4.47. The molecule has 0 unspecified atom stereocenters. The molecular formula is C20H16FN5O3. The fraction of sp³-hybridized carbons (Fsp3) is 0.0500. The van der Waals surface area contributed by atoms with Crippen LogP contribution in [0.15, 0.2) is 48.8 Å². The van der Waals surface area contributed by atoms with Gasteiger partial charge in [-0.25, -0.2) is 9.37 Å². The van der Waals surface area contributed by atoms with Crippen molar-refractivity contribution in [3.8, 4) is 11.5 Å². The summed E-state index contributed by atoms with van der Waals surface area (Å²) in [5, 5.41) is 25.8. The molecule has 4 rings (SSSR count). The van der Waals surface area contributed by atoms with Gasteiger partial charge in [-0.3, -0.25) is 4.79 Å². The van der Waals surface area contributed by atoms with Gasteiger partial charge in [-0.1, -0.05) is 6.07 Å². The van der Waals surface area contributed by atoms with Crippen LogP contribution in [0.2, 0.25) is 0 Å². The first-order valence-corrected chi connectivity index (χ1v) is 8.62. The Bertz CT molecular complexity index is 1210. The summed E-state index contributed by atoms with van der Waals surface area (Å²) in [6.07, 6.45) is 2.73. The predicted molar refractivity (Wildman–Crippen MR) is 106 cm³/mol. The number of hydrogen-bond acceptors (Lipinski definition) is 6. The monoisotopic (exact) mass is 393 g/mol. The Morgan fingerprint density at radius 3 is 2.69 bits per heavy atom. The number of amides is 1. The van der Waals surface area contributed by atoms with Gasteiger partial charge in [0.15, 0.2) is 11.6 Å². The average Bonchev–Trinajstić information content (AvgIpc) is 3.18. The van der Waals surface area contributed by atoms with Crippen LogP contribution in [0.5, 0.6) is 11.5 Å². The fourth-order valence-electron chi connectivity index (χ4n) is 2.82. The second-order valence-electron chi connectivity index (χ2n) is 6.35. The predicted octanol–water partition coefficient (Wildman–Crippen LogP) is 3.81. The minimum Gasteiger partial charge on any atom is -0.508 e. The molecule has 0 aliphatic heterocycles. The smallest absolute Gasteiger partial charge is 0.257 e. The van der Waals surface area contributed by atoms with Crippen LogP contribution in [-0.4, -0.2) is 31.1 Å². The molecule has 9 heteroatoms. The highest BCUT2D eigenvalue weighted by Gasteiger charge is 2.16. The van der Waals surface area contributed by atoms with E-state index < -0.39 is 11.7 Å². The number of aromatic nitrogens is 3. The van der Waals surface area contributed by atoms with Crippen LogP contribution in [0.4, 0.5) is 21.8 Å². The molecular weight excluding hydrogens is 377 g/mol. The summed E-state index contributed by atoms with van der Waals surface area (Å²) in [5.74, 6) is -2.32. The van der Waals surface area contributed by atoms with Crippen molar-refractivity contribution in [1.82, 2.24) is 15.0 Å². The molecule has 0 bridgehead atoms. The van der Waals surface area contributed by atoms with Gasteiger partial charge in [-0.2, -0.15) is 4.98 Å². The van der Waals surface area contributed by atoms with Gasteiger partial charge in [0.05, 0.1) is 11.9 Å². The van der Waals surface area contributed by atoms with E-state index >= 15 is 0 Å². The number of halogens is 1. The highest BCUT2D eigenvalue weighted by atomic mass is 19.1. The van der Waals surface area contributed by atoms with Crippen molar-refractivity contribution in [2.45, 2.75) is 6.92 Å². The largest absolute Gasteiger partial charge is 0.508 e. The maximum atomic E-state index is 14.1. The van der Waals surface area contributed by atoms with E-state index in [4.69, 9.17) is 0 Å². The van der Waals surface area contributed by atoms with Crippen LogP contribution in [-0.2, 0) is 0 Å². The topological polar surface area (TPSA) is 123 Å². The zero-order valence-electron chi connectivity index (χ0n) is 15.2. The zero-order chi connectivity index (χ0) is 20.5. The van der Waals surface area contributed by atoms with Gasteiger partial charge in [0.25, 0.3) is 5.91 Å². The van der Waals surface area contributed by atoms with Crippen molar-refractivity contribution >= 4 is 34.3 Å². The number of carbonyl (C=O) groups excluding carboxylic acids is 1. The van der Waals surface area contributed by atoms with Crippen molar-refractivity contribution < 1.29 is 19.4 Å². The molecule has 0 aliphatic carbocycles. The summed E-state index contributed by atoms with van der Waals surface area (Å²) >= 11 is 0. The van der Waals surface area contributed by atoms with Crippen LogP contribution in [0, 0.1) is 12.7 Å². The van der Waals surface area contributed by atoms with Crippen molar-refractivity contribution in [2.75, 3.05) is 10.6 Å². The van der Waals surface area contributed by atoms with Gasteiger partial charge in [-0.05, 0) is 37.3 Å². The summed E-state index contributed by atoms with van der Waals surface area (Å²) in [7, 11) is 0. The second-order valence-corrected chi connectivity index (χ2v) is 6.35. The number of rotatable bonds is 4. The van der Waals surface area contributed by atoms with E-state index in [1.165, 1.54) is 19.1 Å². The number of aromatic amines is 1. The number of hydrogen-bond donors (Lipinski definition) is 5. The third-order valence-corrected chi connectivity index (χ3v) is 4.43. The number of H-pyrrole nitrogens is 1. The normalized spacial score (nSPS) is 10.8. The first-order chi connectivity index (χ1) is 13.9. The maximum Gasteiger partial charge on any atom is 0.257 e. The molecule has 0 aliphatic rings. The summed E-state index contributed by atoms with van der Waals surface area (Å²) < 4.78 is 14.1. The number of benzene rings is 2. The molecule has 4 aromatic rings. The number of nitrogens with zero attached hydrogens (tertiary/aromatic N) is 2. The lowest BCUT2D eigenvalue weighted by molar-refractivity contribution is 0.102. The maximum absolute atomic E-state index is 14.1. The third-order valence-electron chi connectivity index (χ3n) is 4.43. The Balaban J connectivity index is 1.60.